The van der Waals surface area contributed by atoms with Crippen molar-refractivity contribution in [3.05, 3.63) is 56.4 Å². The molecule has 32 heavy (non-hydrogen) atoms. The summed E-state index contributed by atoms with van der Waals surface area (Å²) < 4.78 is 22.6. The van der Waals surface area contributed by atoms with Crippen molar-refractivity contribution in [1.82, 2.24) is 9.55 Å². The number of aliphatic hydroxyl groups is 1. The van der Waals surface area contributed by atoms with Gasteiger partial charge in [0.2, 0.25) is 0 Å². The Bertz CT molecular complexity index is 1140. The van der Waals surface area contributed by atoms with E-state index in [1.165, 1.54) is 19.2 Å². The topological polar surface area (TPSA) is 166 Å². The maximum atomic E-state index is 13.0. The van der Waals surface area contributed by atoms with Gasteiger partial charge in [0.05, 0.1) is 13.7 Å². The largest absolute Gasteiger partial charge is 0.508 e. The third-order valence-corrected chi connectivity index (χ3v) is 4.84. The molecule has 172 valence electrons. The fraction of sp³-hybridized carbons (Fsp3) is 0.400. The van der Waals surface area contributed by atoms with Crippen LogP contribution in [-0.2, 0) is 19.0 Å². The highest BCUT2D eigenvalue weighted by Gasteiger charge is 2.50. The van der Waals surface area contributed by atoms with E-state index in [0.717, 1.165) is 23.8 Å². The Morgan fingerprint density at radius 3 is 2.53 bits per heavy atom. The summed E-state index contributed by atoms with van der Waals surface area (Å²) in [6.07, 6.45) is -3.94. The van der Waals surface area contributed by atoms with Crippen LogP contribution in [0.1, 0.15) is 29.1 Å². The first-order valence-electron chi connectivity index (χ1n) is 9.49. The second-order valence-corrected chi connectivity index (χ2v) is 7.05. The summed E-state index contributed by atoms with van der Waals surface area (Å²) in [5, 5.41) is 19.5. The van der Waals surface area contributed by atoms with Gasteiger partial charge in [-0.3, -0.25) is 19.1 Å². The van der Waals surface area contributed by atoms with Gasteiger partial charge in [-0.05, 0) is 18.6 Å². The fourth-order valence-electron chi connectivity index (χ4n) is 3.51. The van der Waals surface area contributed by atoms with Gasteiger partial charge in [-0.1, -0.05) is 0 Å². The van der Waals surface area contributed by atoms with Crippen LogP contribution >= 0.6 is 0 Å². The molecule has 1 saturated heterocycles. The molecule has 0 saturated carbocycles. The zero-order valence-electron chi connectivity index (χ0n) is 17.4. The summed E-state index contributed by atoms with van der Waals surface area (Å²) in [7, 11) is 1.31. The molecule has 12 nitrogen and oxygen atoms in total. The summed E-state index contributed by atoms with van der Waals surface area (Å²) in [6.45, 7) is 2.04. The molecule has 0 aliphatic carbocycles. The van der Waals surface area contributed by atoms with Gasteiger partial charge >= 0.3 is 17.6 Å². The average Bonchev–Trinajstić information content (AvgIpc) is 3.03. The van der Waals surface area contributed by atoms with Crippen molar-refractivity contribution in [2.45, 2.75) is 38.4 Å². The van der Waals surface area contributed by atoms with Gasteiger partial charge in [-0.15, -0.1) is 0 Å². The highest BCUT2D eigenvalue weighted by atomic mass is 16.6. The molecule has 1 fully saturated rings. The molecule has 0 amide bonds. The van der Waals surface area contributed by atoms with Gasteiger partial charge in [0.1, 0.15) is 23.2 Å². The second kappa shape index (κ2) is 9.24. The third-order valence-electron chi connectivity index (χ3n) is 4.84. The smallest absolute Gasteiger partial charge is 0.342 e. The van der Waals surface area contributed by atoms with Crippen LogP contribution in [0.3, 0.4) is 0 Å². The molecule has 2 aromatic rings. The first-order valence-corrected chi connectivity index (χ1v) is 9.49. The number of ether oxygens (including phenoxy) is 4. The number of carbonyl (C=O) groups is 2. The molecular weight excluding hydrogens is 428 g/mol. The maximum Gasteiger partial charge on any atom is 0.342 e. The van der Waals surface area contributed by atoms with Gasteiger partial charge in [-0.25, -0.2) is 9.59 Å². The number of rotatable bonds is 6. The molecule has 3 N–H and O–H groups in total. The van der Waals surface area contributed by atoms with E-state index in [9.17, 15) is 29.4 Å². The van der Waals surface area contributed by atoms with Crippen molar-refractivity contribution in [1.29, 1.82) is 0 Å². The van der Waals surface area contributed by atoms with E-state index in [2.05, 4.69) is 4.98 Å². The molecule has 12 heteroatoms. The molecule has 0 bridgehead atoms. The van der Waals surface area contributed by atoms with E-state index in [-0.39, 0.29) is 17.1 Å². The first kappa shape index (κ1) is 23.0. The van der Waals surface area contributed by atoms with Crippen LogP contribution in [0.5, 0.6) is 11.5 Å². The monoisotopic (exact) mass is 450 g/mol. The molecule has 1 aliphatic rings. The lowest BCUT2D eigenvalue weighted by atomic mass is 10.1. The Kier molecular flexibility index (Phi) is 6.65. The number of phenols is 1. The van der Waals surface area contributed by atoms with Gasteiger partial charge in [0.15, 0.2) is 18.4 Å². The minimum absolute atomic E-state index is 0.00761. The summed E-state index contributed by atoms with van der Waals surface area (Å²) in [5.74, 6) is -1.72. The normalized spacial score (nSPS) is 22.4. The molecule has 1 aromatic heterocycles. The number of carbonyl (C=O) groups excluding carboxylic acids is 2. The molecule has 1 aromatic carbocycles. The molecule has 2 heterocycles. The van der Waals surface area contributed by atoms with Crippen LogP contribution in [0.4, 0.5) is 0 Å². The minimum atomic E-state index is -1.32. The third kappa shape index (κ3) is 4.50. The highest BCUT2D eigenvalue weighted by molar-refractivity contribution is 5.94. The van der Waals surface area contributed by atoms with E-state index in [0.29, 0.717) is 5.56 Å². The number of hydrogen-bond acceptors (Lipinski definition) is 10. The second-order valence-electron chi connectivity index (χ2n) is 7.05. The molecule has 0 radical (unpaired) electrons. The van der Waals surface area contributed by atoms with Crippen molar-refractivity contribution in [3.63, 3.8) is 0 Å². The molecule has 3 rings (SSSR count). The van der Waals surface area contributed by atoms with E-state index in [1.807, 2.05) is 0 Å². The quantitative estimate of drug-likeness (QED) is 0.493. The number of H-pyrrole nitrogens is 1. The Morgan fingerprint density at radius 2 is 1.94 bits per heavy atom. The number of benzene rings is 1. The molecule has 4 atom stereocenters. The highest BCUT2D eigenvalue weighted by Crippen LogP contribution is 2.35. The van der Waals surface area contributed by atoms with Crippen LogP contribution in [0, 0.1) is 6.92 Å². The van der Waals surface area contributed by atoms with Crippen molar-refractivity contribution < 1.29 is 38.7 Å². The van der Waals surface area contributed by atoms with Crippen molar-refractivity contribution >= 4 is 11.9 Å². The van der Waals surface area contributed by atoms with E-state index < -0.39 is 54.3 Å². The van der Waals surface area contributed by atoms with Crippen LogP contribution in [0.25, 0.3) is 0 Å². The minimum Gasteiger partial charge on any atom is -0.508 e. The first-order chi connectivity index (χ1) is 15.2. The zero-order valence-corrected chi connectivity index (χ0v) is 17.4. The summed E-state index contributed by atoms with van der Waals surface area (Å²) in [5.41, 5.74) is -1.14. The lowest BCUT2D eigenvalue weighted by Gasteiger charge is -2.24. The predicted octanol–water partition coefficient (Wildman–Crippen LogP) is -0.394. The lowest BCUT2D eigenvalue weighted by Crippen LogP contribution is -2.42. The number of phenolic OH excluding ortho intramolecular Hbond substituents is 1. The van der Waals surface area contributed by atoms with Crippen LogP contribution in [0.2, 0.25) is 0 Å². The number of nitrogens with zero attached hydrogens (tertiary/aromatic N) is 1. The number of esters is 2. The number of aromatic hydroxyl groups is 1. The average molecular weight is 450 g/mol. The Balaban J connectivity index is 2.00. The number of hydrogen-bond donors (Lipinski definition) is 3. The van der Waals surface area contributed by atoms with E-state index >= 15 is 0 Å². The number of aliphatic hydroxyl groups excluding tert-OH is 1. The number of nitrogens with one attached hydrogen (secondary N) is 1. The maximum absolute atomic E-state index is 13.0. The van der Waals surface area contributed by atoms with Crippen LogP contribution in [0.15, 0.2) is 34.0 Å². The van der Waals surface area contributed by atoms with Crippen LogP contribution < -0.4 is 16.0 Å². The molecule has 0 spiro atoms. The van der Waals surface area contributed by atoms with Crippen molar-refractivity contribution in [2.75, 3.05) is 13.7 Å². The SMILES string of the molecule is COc1cc(O)cc(C)c1C(=O)OC1C(CO)OC(n2ccc(=O)[nH]c2=O)C1OC(C)=O. The number of aromatic amines is 1. The lowest BCUT2D eigenvalue weighted by molar-refractivity contribution is -0.156. The van der Waals surface area contributed by atoms with Gasteiger partial charge in [0.25, 0.3) is 5.56 Å². The van der Waals surface area contributed by atoms with Gasteiger partial charge in [-0.2, -0.15) is 0 Å². The van der Waals surface area contributed by atoms with Crippen molar-refractivity contribution in [3.8, 4) is 11.5 Å². The summed E-state index contributed by atoms with van der Waals surface area (Å²) in [6, 6.07) is 3.62. The van der Waals surface area contributed by atoms with Gasteiger partial charge < -0.3 is 29.2 Å². The predicted molar refractivity (Wildman–Crippen MR) is 106 cm³/mol. The number of aromatic nitrogens is 2. The number of methoxy groups -OCH3 is 1. The van der Waals surface area contributed by atoms with Crippen molar-refractivity contribution in [2.24, 2.45) is 0 Å². The molecular formula is C20H22N2O10. The summed E-state index contributed by atoms with van der Waals surface area (Å²) >= 11 is 0. The van der Waals surface area contributed by atoms with E-state index in [1.54, 1.807) is 6.92 Å². The Hall–Kier alpha value is -3.64. The molecule has 4 unspecified atom stereocenters. The number of aryl methyl sites for hydroxylation is 1. The molecule has 1 aliphatic heterocycles. The van der Waals surface area contributed by atoms with Gasteiger partial charge in [0, 0.05) is 25.3 Å². The Labute approximate surface area is 180 Å². The fourth-order valence-corrected chi connectivity index (χ4v) is 3.51. The van der Waals surface area contributed by atoms with Crippen LogP contribution in [-0.4, -0.2) is 63.7 Å². The zero-order chi connectivity index (χ0) is 23.6. The Morgan fingerprint density at radius 1 is 1.22 bits per heavy atom. The summed E-state index contributed by atoms with van der Waals surface area (Å²) in [4.78, 5) is 50.4. The van der Waals surface area contributed by atoms with E-state index in [4.69, 9.17) is 18.9 Å². The standard InChI is InChI=1S/C20H22N2O10/c1-9-6-11(25)7-12(29-3)15(9)19(27)32-16-13(8-23)31-18(17(16)30-10(2)24)22-5-4-14(26)21-20(22)28/h4-7,13,16-18,23,25H,8H2,1-3H3,(H,21,26,28).